The Labute approximate surface area is 104 Å². The average Bonchev–Trinajstić information content (AvgIpc) is 2.13. The lowest BCUT2D eigenvalue weighted by atomic mass is 10.1. The van der Waals surface area contributed by atoms with E-state index in [1.54, 1.807) is 6.08 Å². The van der Waals surface area contributed by atoms with Gasteiger partial charge in [-0.25, -0.2) is 0 Å². The van der Waals surface area contributed by atoms with Crippen molar-refractivity contribution < 1.29 is 4.74 Å². The number of rotatable bonds is 7. The highest BCUT2D eigenvalue weighted by molar-refractivity contribution is 4.67. The maximum atomic E-state index is 5.18. The van der Waals surface area contributed by atoms with E-state index in [0.717, 1.165) is 31.3 Å². The van der Waals surface area contributed by atoms with Crippen molar-refractivity contribution in [2.45, 2.75) is 48.0 Å². The fraction of sp³-hybridized carbons (Fsp3) is 0.733. The smallest absolute Gasteiger partial charge is 0.0644 e. The third-order valence-electron chi connectivity index (χ3n) is 1.71. The van der Waals surface area contributed by atoms with Crippen molar-refractivity contribution in [3.63, 3.8) is 0 Å². The van der Waals surface area contributed by atoms with Crippen LogP contribution in [0.1, 0.15) is 48.0 Å². The first-order valence-corrected chi connectivity index (χ1v) is 5.84. The Balaban J connectivity index is -0.000000214. The van der Waals surface area contributed by atoms with E-state index < -0.39 is 0 Å². The van der Waals surface area contributed by atoms with Crippen LogP contribution in [0.15, 0.2) is 25.3 Å². The first-order valence-electron chi connectivity index (χ1n) is 5.84. The van der Waals surface area contributed by atoms with Gasteiger partial charge in [-0.2, -0.15) is 0 Å². The Hall–Kier alpha value is -0.560. The Morgan fingerprint density at radius 2 is 1.56 bits per heavy atom. The van der Waals surface area contributed by atoms with Crippen molar-refractivity contribution in [1.82, 2.24) is 0 Å². The van der Waals surface area contributed by atoms with Gasteiger partial charge in [-0.05, 0) is 24.7 Å². The number of hydrogen-bond acceptors (Lipinski definition) is 1. The van der Waals surface area contributed by atoms with E-state index in [0.29, 0.717) is 6.61 Å². The minimum Gasteiger partial charge on any atom is -0.377 e. The zero-order valence-electron chi connectivity index (χ0n) is 11.0. The summed E-state index contributed by atoms with van der Waals surface area (Å²) in [6, 6.07) is 0. The average molecular weight is 228 g/mol. The molecule has 0 aliphatic carbocycles. The summed E-state index contributed by atoms with van der Waals surface area (Å²) in [5.74, 6) is 1.53. The summed E-state index contributed by atoms with van der Waals surface area (Å²) < 4.78 is 5.18. The number of ether oxygens (including phenoxy) is 1. The summed E-state index contributed by atoms with van der Waals surface area (Å²) in [5.41, 5.74) is 0. The van der Waals surface area contributed by atoms with Crippen molar-refractivity contribution in [1.29, 1.82) is 0 Å². The molecule has 0 amide bonds. The van der Waals surface area contributed by atoms with Gasteiger partial charge in [-0.1, -0.05) is 47.3 Å². The molecule has 0 aliphatic heterocycles. The molecule has 0 spiro atoms. The van der Waals surface area contributed by atoms with Gasteiger partial charge in [-0.15, -0.1) is 13.2 Å². The molecular weight excluding hydrogens is 196 g/mol. The van der Waals surface area contributed by atoms with Crippen LogP contribution in [0.5, 0.6) is 0 Å². The molecule has 16 heavy (non-hydrogen) atoms. The van der Waals surface area contributed by atoms with Gasteiger partial charge in [0.1, 0.15) is 0 Å². The first kappa shape index (κ1) is 20.8. The van der Waals surface area contributed by atoms with E-state index in [-0.39, 0.29) is 7.43 Å². The Bertz CT molecular complexity index is 136. The van der Waals surface area contributed by atoms with Crippen molar-refractivity contribution in [2.24, 2.45) is 11.8 Å². The molecule has 0 heterocycles. The third-order valence-corrected chi connectivity index (χ3v) is 1.71. The Morgan fingerprint density at radius 1 is 1.00 bits per heavy atom. The molecule has 0 aromatic heterocycles. The number of allylic oxidation sites excluding steroid dienone is 1. The van der Waals surface area contributed by atoms with E-state index in [4.69, 9.17) is 4.74 Å². The molecule has 0 unspecified atom stereocenters. The Morgan fingerprint density at radius 3 is 1.81 bits per heavy atom. The summed E-state index contributed by atoms with van der Waals surface area (Å²) in [6.07, 6.45) is 6.01. The molecule has 0 radical (unpaired) electrons. The molecular formula is C15H32O. The molecule has 0 aromatic rings. The molecule has 98 valence electrons. The summed E-state index contributed by atoms with van der Waals surface area (Å²) in [7, 11) is 0. The first-order chi connectivity index (χ1) is 7.04. The van der Waals surface area contributed by atoms with Gasteiger partial charge < -0.3 is 4.74 Å². The SMILES string of the molecule is C.C=CCC(C)C.C=CCOCCC(C)C. The maximum Gasteiger partial charge on any atom is 0.0644 e. The second-order valence-electron chi connectivity index (χ2n) is 4.46. The fourth-order valence-corrected chi connectivity index (χ4v) is 0.819. The monoisotopic (exact) mass is 228 g/mol. The highest BCUT2D eigenvalue weighted by Crippen LogP contribution is 1.98. The normalized spacial score (nSPS) is 9.12. The Kier molecular flexibility index (Phi) is 21.9. The van der Waals surface area contributed by atoms with E-state index >= 15 is 0 Å². The second-order valence-corrected chi connectivity index (χ2v) is 4.46. The molecule has 0 aliphatic rings. The van der Waals surface area contributed by atoms with Crippen LogP contribution in [0, 0.1) is 11.8 Å². The minimum absolute atomic E-state index is 0. The zero-order valence-corrected chi connectivity index (χ0v) is 11.0. The van der Waals surface area contributed by atoms with E-state index in [2.05, 4.69) is 40.9 Å². The van der Waals surface area contributed by atoms with Crippen molar-refractivity contribution in [3.8, 4) is 0 Å². The van der Waals surface area contributed by atoms with Crippen LogP contribution in [0.25, 0.3) is 0 Å². The topological polar surface area (TPSA) is 9.23 Å². The van der Waals surface area contributed by atoms with Gasteiger partial charge in [0.15, 0.2) is 0 Å². The summed E-state index contributed by atoms with van der Waals surface area (Å²) >= 11 is 0. The quantitative estimate of drug-likeness (QED) is 0.435. The van der Waals surface area contributed by atoms with Gasteiger partial charge in [0.25, 0.3) is 0 Å². The van der Waals surface area contributed by atoms with Crippen LogP contribution < -0.4 is 0 Å². The van der Waals surface area contributed by atoms with E-state index in [1.807, 2.05) is 6.08 Å². The van der Waals surface area contributed by atoms with Crippen LogP contribution in [0.4, 0.5) is 0 Å². The van der Waals surface area contributed by atoms with Crippen LogP contribution >= 0.6 is 0 Å². The van der Waals surface area contributed by atoms with Crippen molar-refractivity contribution >= 4 is 0 Å². The third kappa shape index (κ3) is 29.2. The second kappa shape index (κ2) is 16.9. The van der Waals surface area contributed by atoms with Crippen molar-refractivity contribution in [2.75, 3.05) is 13.2 Å². The van der Waals surface area contributed by atoms with Gasteiger partial charge >= 0.3 is 0 Å². The van der Waals surface area contributed by atoms with E-state index in [9.17, 15) is 0 Å². The number of hydrogen-bond donors (Lipinski definition) is 0. The van der Waals surface area contributed by atoms with Crippen LogP contribution in [-0.4, -0.2) is 13.2 Å². The molecule has 0 aromatic carbocycles. The molecule has 1 heteroatoms. The predicted octanol–water partition coefficient (Wildman–Crippen LogP) is 5.09. The summed E-state index contributed by atoms with van der Waals surface area (Å²) in [4.78, 5) is 0. The molecule has 0 N–H and O–H groups in total. The molecule has 0 saturated carbocycles. The molecule has 0 saturated heterocycles. The molecule has 0 rings (SSSR count). The molecule has 1 nitrogen and oxygen atoms in total. The predicted molar refractivity (Wildman–Crippen MR) is 76.9 cm³/mol. The molecule has 0 atom stereocenters. The van der Waals surface area contributed by atoms with Crippen LogP contribution in [0.3, 0.4) is 0 Å². The van der Waals surface area contributed by atoms with Gasteiger partial charge in [0.05, 0.1) is 6.61 Å². The largest absolute Gasteiger partial charge is 0.377 e. The van der Waals surface area contributed by atoms with Gasteiger partial charge in [-0.3, -0.25) is 0 Å². The summed E-state index contributed by atoms with van der Waals surface area (Å²) in [5, 5.41) is 0. The van der Waals surface area contributed by atoms with Gasteiger partial charge in [0, 0.05) is 6.61 Å². The van der Waals surface area contributed by atoms with E-state index in [1.165, 1.54) is 0 Å². The van der Waals surface area contributed by atoms with Gasteiger partial charge in [0.2, 0.25) is 0 Å². The lowest BCUT2D eigenvalue weighted by Gasteiger charge is -2.02. The van der Waals surface area contributed by atoms with Crippen LogP contribution in [-0.2, 0) is 4.74 Å². The fourth-order valence-electron chi connectivity index (χ4n) is 0.819. The standard InChI is InChI=1S/C8H16O.C6H12.CH4/c1-4-6-9-7-5-8(2)3;1-4-5-6(2)3;/h4,8H,1,5-7H2,2-3H3;4,6H,1,5H2,2-3H3;1H4. The van der Waals surface area contributed by atoms with Crippen molar-refractivity contribution in [3.05, 3.63) is 25.3 Å². The highest BCUT2D eigenvalue weighted by atomic mass is 16.5. The molecule has 0 bridgehead atoms. The summed E-state index contributed by atoms with van der Waals surface area (Å²) in [6.45, 7) is 17.5. The van der Waals surface area contributed by atoms with Crippen LogP contribution in [0.2, 0.25) is 0 Å². The molecule has 0 fully saturated rings. The minimum atomic E-state index is 0. The zero-order chi connectivity index (χ0) is 12.1. The lowest BCUT2D eigenvalue weighted by molar-refractivity contribution is 0.150. The maximum absolute atomic E-state index is 5.18. The lowest BCUT2D eigenvalue weighted by Crippen LogP contribution is -1.98. The highest BCUT2D eigenvalue weighted by Gasteiger charge is 1.91.